The molecule has 0 aliphatic carbocycles. The van der Waals surface area contributed by atoms with E-state index in [-0.39, 0.29) is 29.8 Å². The summed E-state index contributed by atoms with van der Waals surface area (Å²) in [5, 5.41) is 3.30. The zero-order chi connectivity index (χ0) is 20.7. The number of halogens is 1. The molecule has 6 nitrogen and oxygen atoms in total. The number of carbonyl (C=O) groups excluding carboxylic acids is 1. The molecule has 1 aliphatic heterocycles. The molecule has 2 aromatic carbocycles. The van der Waals surface area contributed by atoms with E-state index in [1.54, 1.807) is 12.1 Å². The fourth-order valence-corrected chi connectivity index (χ4v) is 4.83. The van der Waals surface area contributed by atoms with E-state index in [1.807, 2.05) is 18.2 Å². The van der Waals surface area contributed by atoms with Crippen molar-refractivity contribution in [1.29, 1.82) is 0 Å². The SMILES string of the molecule is O=C(CCNS(=O)(=O)c1cccc(Cl)c1)NCC(c1ccccc1)N1CCCC1. The molecule has 1 fully saturated rings. The molecular weight excluding hydrogens is 410 g/mol. The summed E-state index contributed by atoms with van der Waals surface area (Å²) in [7, 11) is -3.69. The van der Waals surface area contributed by atoms with Gasteiger partial charge in [-0.2, -0.15) is 0 Å². The van der Waals surface area contributed by atoms with E-state index in [9.17, 15) is 13.2 Å². The first-order valence-electron chi connectivity index (χ1n) is 9.76. The van der Waals surface area contributed by atoms with Gasteiger partial charge in [-0.3, -0.25) is 9.69 Å². The highest BCUT2D eigenvalue weighted by Gasteiger charge is 2.23. The topological polar surface area (TPSA) is 78.5 Å². The molecule has 0 radical (unpaired) electrons. The highest BCUT2D eigenvalue weighted by molar-refractivity contribution is 7.89. The molecule has 3 rings (SSSR count). The Morgan fingerprint density at radius 1 is 1.07 bits per heavy atom. The van der Waals surface area contributed by atoms with Gasteiger partial charge in [0.25, 0.3) is 0 Å². The molecule has 8 heteroatoms. The van der Waals surface area contributed by atoms with E-state index in [0.29, 0.717) is 11.6 Å². The van der Waals surface area contributed by atoms with Gasteiger partial charge in [0.05, 0.1) is 10.9 Å². The molecule has 1 unspecified atom stereocenters. The standard InChI is InChI=1S/C21H26ClN3O3S/c22-18-9-6-10-19(15-18)29(27,28)24-12-11-21(26)23-16-20(25-13-4-5-14-25)17-7-2-1-3-8-17/h1-3,6-10,15,20,24H,4-5,11-14,16H2,(H,23,26). The van der Waals surface area contributed by atoms with Crippen LogP contribution >= 0.6 is 11.6 Å². The van der Waals surface area contributed by atoms with Gasteiger partial charge in [-0.15, -0.1) is 0 Å². The number of hydrogen-bond acceptors (Lipinski definition) is 4. The summed E-state index contributed by atoms with van der Waals surface area (Å²) in [5.41, 5.74) is 1.18. The summed E-state index contributed by atoms with van der Waals surface area (Å²) < 4.78 is 27.0. The lowest BCUT2D eigenvalue weighted by Gasteiger charge is -2.28. The fraction of sp³-hybridized carbons (Fsp3) is 0.381. The predicted octanol–water partition coefficient (Wildman–Crippen LogP) is 2.96. The van der Waals surface area contributed by atoms with E-state index in [4.69, 9.17) is 11.6 Å². The van der Waals surface area contributed by atoms with Crippen molar-refractivity contribution in [2.24, 2.45) is 0 Å². The van der Waals surface area contributed by atoms with Crippen molar-refractivity contribution in [3.8, 4) is 0 Å². The first-order chi connectivity index (χ1) is 14.0. The number of nitrogens with zero attached hydrogens (tertiary/aromatic N) is 1. The van der Waals surface area contributed by atoms with Gasteiger partial charge in [0, 0.05) is 24.5 Å². The third-order valence-electron chi connectivity index (χ3n) is 5.01. The van der Waals surface area contributed by atoms with E-state index in [1.165, 1.54) is 30.5 Å². The largest absolute Gasteiger partial charge is 0.354 e. The Morgan fingerprint density at radius 3 is 2.48 bits per heavy atom. The van der Waals surface area contributed by atoms with Crippen molar-refractivity contribution in [2.45, 2.75) is 30.2 Å². The Balaban J connectivity index is 1.50. The predicted molar refractivity (Wildman–Crippen MR) is 114 cm³/mol. The van der Waals surface area contributed by atoms with Gasteiger partial charge >= 0.3 is 0 Å². The maximum atomic E-state index is 12.3. The van der Waals surface area contributed by atoms with Crippen LogP contribution in [0.25, 0.3) is 0 Å². The van der Waals surface area contributed by atoms with Crippen molar-refractivity contribution in [2.75, 3.05) is 26.2 Å². The van der Waals surface area contributed by atoms with E-state index < -0.39 is 10.0 Å². The molecule has 2 N–H and O–H groups in total. The van der Waals surface area contributed by atoms with Crippen molar-refractivity contribution >= 4 is 27.5 Å². The summed E-state index contributed by atoms with van der Waals surface area (Å²) >= 11 is 5.85. The molecule has 1 saturated heterocycles. The highest BCUT2D eigenvalue weighted by atomic mass is 35.5. The normalized spacial score (nSPS) is 15.9. The number of benzene rings is 2. The Kier molecular flexibility index (Phi) is 7.66. The fourth-order valence-electron chi connectivity index (χ4n) is 3.50. The summed E-state index contributed by atoms with van der Waals surface area (Å²) in [6.45, 7) is 2.58. The quantitative estimate of drug-likeness (QED) is 0.634. The van der Waals surface area contributed by atoms with Crippen LogP contribution in [0, 0.1) is 0 Å². The number of likely N-dealkylation sites (tertiary alicyclic amines) is 1. The van der Waals surface area contributed by atoms with Crippen LogP contribution in [-0.4, -0.2) is 45.4 Å². The Labute approximate surface area is 177 Å². The number of sulfonamides is 1. The van der Waals surface area contributed by atoms with Crippen molar-refractivity contribution in [3.05, 3.63) is 65.2 Å². The molecule has 2 aromatic rings. The van der Waals surface area contributed by atoms with Crippen molar-refractivity contribution in [3.63, 3.8) is 0 Å². The number of amides is 1. The summed E-state index contributed by atoms with van der Waals surface area (Å²) in [6.07, 6.45) is 2.41. The maximum absolute atomic E-state index is 12.3. The van der Waals surface area contributed by atoms with Crippen LogP contribution in [0.4, 0.5) is 0 Å². The third-order valence-corrected chi connectivity index (χ3v) is 6.70. The minimum absolute atomic E-state index is 0.0282. The van der Waals surface area contributed by atoms with Crippen LogP contribution < -0.4 is 10.0 Å². The zero-order valence-corrected chi connectivity index (χ0v) is 17.8. The molecule has 1 amide bonds. The molecular formula is C21H26ClN3O3S. The number of hydrogen-bond donors (Lipinski definition) is 2. The van der Waals surface area contributed by atoms with Crippen LogP contribution in [0.3, 0.4) is 0 Å². The van der Waals surface area contributed by atoms with Gasteiger partial charge < -0.3 is 5.32 Å². The third kappa shape index (κ3) is 6.27. The first-order valence-corrected chi connectivity index (χ1v) is 11.6. The van der Waals surface area contributed by atoms with Gasteiger partial charge in [0.1, 0.15) is 0 Å². The van der Waals surface area contributed by atoms with Crippen LogP contribution in [0.5, 0.6) is 0 Å². The smallest absolute Gasteiger partial charge is 0.240 e. The first kappa shape index (κ1) is 21.8. The lowest BCUT2D eigenvalue weighted by molar-refractivity contribution is -0.121. The zero-order valence-electron chi connectivity index (χ0n) is 16.2. The summed E-state index contributed by atoms with van der Waals surface area (Å²) in [6, 6.07) is 16.3. The number of nitrogens with one attached hydrogen (secondary N) is 2. The van der Waals surface area contributed by atoms with Gasteiger partial charge in [-0.1, -0.05) is 48.0 Å². The maximum Gasteiger partial charge on any atom is 0.240 e. The molecule has 1 heterocycles. The average Bonchev–Trinajstić information content (AvgIpc) is 3.23. The van der Waals surface area contributed by atoms with E-state index >= 15 is 0 Å². The second kappa shape index (κ2) is 10.2. The van der Waals surface area contributed by atoms with Crippen LogP contribution in [0.2, 0.25) is 5.02 Å². The minimum atomic E-state index is -3.69. The average molecular weight is 436 g/mol. The summed E-state index contributed by atoms with van der Waals surface area (Å²) in [5.74, 6) is -0.182. The van der Waals surface area contributed by atoms with E-state index in [0.717, 1.165) is 13.1 Å². The Bertz CT molecular complexity index is 916. The Morgan fingerprint density at radius 2 is 1.79 bits per heavy atom. The van der Waals surface area contributed by atoms with Crippen molar-refractivity contribution < 1.29 is 13.2 Å². The van der Waals surface area contributed by atoms with Crippen LogP contribution in [0.15, 0.2) is 59.5 Å². The molecule has 0 bridgehead atoms. The molecule has 29 heavy (non-hydrogen) atoms. The summed E-state index contributed by atoms with van der Waals surface area (Å²) in [4.78, 5) is 14.8. The van der Waals surface area contributed by atoms with Crippen LogP contribution in [-0.2, 0) is 14.8 Å². The molecule has 0 spiro atoms. The van der Waals surface area contributed by atoms with Gasteiger partial charge in [-0.05, 0) is 49.7 Å². The minimum Gasteiger partial charge on any atom is -0.354 e. The van der Waals surface area contributed by atoms with Gasteiger partial charge in [0.2, 0.25) is 15.9 Å². The highest BCUT2D eigenvalue weighted by Crippen LogP contribution is 2.24. The monoisotopic (exact) mass is 435 g/mol. The molecule has 0 aromatic heterocycles. The van der Waals surface area contributed by atoms with Crippen molar-refractivity contribution in [1.82, 2.24) is 14.9 Å². The second-order valence-corrected chi connectivity index (χ2v) is 9.28. The second-order valence-electron chi connectivity index (χ2n) is 7.08. The molecule has 156 valence electrons. The van der Waals surface area contributed by atoms with Crippen LogP contribution in [0.1, 0.15) is 30.9 Å². The lowest BCUT2D eigenvalue weighted by atomic mass is 10.1. The molecule has 1 aliphatic rings. The number of carbonyl (C=O) groups is 1. The number of rotatable bonds is 9. The van der Waals surface area contributed by atoms with E-state index in [2.05, 4.69) is 27.1 Å². The van der Waals surface area contributed by atoms with Gasteiger partial charge in [0.15, 0.2) is 0 Å². The Hall–Kier alpha value is -1.93. The molecule has 0 saturated carbocycles. The van der Waals surface area contributed by atoms with Gasteiger partial charge in [-0.25, -0.2) is 13.1 Å². The lowest BCUT2D eigenvalue weighted by Crippen LogP contribution is -2.38. The molecule has 1 atom stereocenters.